The Kier molecular flexibility index (Phi) is 6.13. The molecule has 2 aromatic heterocycles. The van der Waals surface area contributed by atoms with Crippen LogP contribution >= 0.6 is 0 Å². The number of halogens is 6. The van der Waals surface area contributed by atoms with E-state index in [-0.39, 0.29) is 36.6 Å². The highest BCUT2D eigenvalue weighted by Gasteiger charge is 2.37. The third-order valence-electron chi connectivity index (χ3n) is 4.89. The Morgan fingerprint density at radius 1 is 0.970 bits per heavy atom. The van der Waals surface area contributed by atoms with Crippen LogP contribution in [0, 0.1) is 0 Å². The minimum atomic E-state index is -5.03. The molecule has 0 radical (unpaired) electrons. The molecule has 0 atom stereocenters. The topological polar surface area (TPSA) is 90.9 Å². The van der Waals surface area contributed by atoms with Crippen molar-refractivity contribution in [2.24, 2.45) is 14.1 Å². The fraction of sp³-hybridized carbons (Fsp3) is 0.368. The highest BCUT2D eigenvalue weighted by atomic mass is 19.4. The highest BCUT2D eigenvalue weighted by Crippen LogP contribution is 2.37. The Morgan fingerprint density at radius 3 is 2.09 bits per heavy atom. The van der Waals surface area contributed by atoms with E-state index in [0.29, 0.717) is 12.1 Å². The van der Waals surface area contributed by atoms with Gasteiger partial charge < -0.3 is 9.88 Å². The number of anilines is 1. The lowest BCUT2D eigenvalue weighted by Crippen LogP contribution is -2.37. The summed E-state index contributed by atoms with van der Waals surface area (Å²) in [7, 11) is 2.72. The van der Waals surface area contributed by atoms with Crippen LogP contribution in [-0.2, 0) is 37.8 Å². The first-order valence-electron chi connectivity index (χ1n) is 9.40. The number of amides is 1. The van der Waals surface area contributed by atoms with Crippen molar-refractivity contribution in [2.75, 3.05) is 5.32 Å². The van der Waals surface area contributed by atoms with E-state index < -0.39 is 46.3 Å². The van der Waals surface area contributed by atoms with Crippen LogP contribution in [0.3, 0.4) is 0 Å². The molecule has 0 aliphatic carbocycles. The van der Waals surface area contributed by atoms with Crippen LogP contribution in [0.25, 0.3) is 11.2 Å². The first-order valence-corrected chi connectivity index (χ1v) is 9.40. The number of aryl methyl sites for hydroxylation is 2. The molecule has 0 aliphatic heterocycles. The zero-order chi connectivity index (χ0) is 24.7. The first kappa shape index (κ1) is 24.1. The summed E-state index contributed by atoms with van der Waals surface area (Å²) >= 11 is 0. The van der Waals surface area contributed by atoms with E-state index in [1.165, 1.54) is 29.6 Å². The number of hydrogen-bond donors (Lipinski definition) is 1. The van der Waals surface area contributed by atoms with E-state index in [4.69, 9.17) is 0 Å². The van der Waals surface area contributed by atoms with Gasteiger partial charge in [0.15, 0.2) is 11.2 Å². The van der Waals surface area contributed by atoms with Crippen LogP contribution in [0.15, 0.2) is 34.1 Å². The van der Waals surface area contributed by atoms with Crippen LogP contribution in [0.5, 0.6) is 0 Å². The second kappa shape index (κ2) is 8.41. The molecule has 2 heterocycles. The van der Waals surface area contributed by atoms with Gasteiger partial charge in [-0.25, -0.2) is 9.78 Å². The number of nitrogens with zero attached hydrogens (tertiary/aromatic N) is 4. The number of hydrogen-bond acceptors (Lipinski definition) is 4. The average Bonchev–Trinajstić information content (AvgIpc) is 3.13. The van der Waals surface area contributed by atoms with Gasteiger partial charge in [0, 0.05) is 32.7 Å². The lowest BCUT2D eigenvalue weighted by molar-refractivity contribution is -0.143. The SMILES string of the molecule is Cn1c(=O)c2c(ncn2CCCC(=O)Nc2cc(C(F)(F)F)cc(C(F)(F)F)c2)n(C)c1=O. The molecule has 3 aromatic rings. The van der Waals surface area contributed by atoms with Gasteiger partial charge in [0.2, 0.25) is 5.91 Å². The van der Waals surface area contributed by atoms with Gasteiger partial charge in [0.05, 0.1) is 17.5 Å². The van der Waals surface area contributed by atoms with E-state index in [9.17, 15) is 40.7 Å². The van der Waals surface area contributed by atoms with E-state index in [1.807, 2.05) is 5.32 Å². The highest BCUT2D eigenvalue weighted by molar-refractivity contribution is 5.90. The van der Waals surface area contributed by atoms with Crippen LogP contribution in [0.1, 0.15) is 24.0 Å². The molecule has 0 bridgehead atoms. The number of benzene rings is 1. The third-order valence-corrected chi connectivity index (χ3v) is 4.89. The maximum absolute atomic E-state index is 12.9. The number of imidazole rings is 1. The van der Waals surface area contributed by atoms with Crippen molar-refractivity contribution in [3.8, 4) is 0 Å². The standard InChI is InChI=1S/C19H17F6N5O3/c1-28-15-14(16(32)29(2)17(28)33)30(9-26-15)5-3-4-13(31)27-12-7-10(18(20,21)22)6-11(8-12)19(23,24)25/h6-9H,3-5H2,1-2H3,(H,27,31). The van der Waals surface area contributed by atoms with Gasteiger partial charge in [-0.1, -0.05) is 0 Å². The fourth-order valence-electron chi connectivity index (χ4n) is 3.23. The van der Waals surface area contributed by atoms with E-state index in [2.05, 4.69) is 4.98 Å². The van der Waals surface area contributed by atoms with E-state index in [0.717, 1.165) is 4.57 Å². The Hall–Kier alpha value is -3.58. The van der Waals surface area contributed by atoms with Crippen molar-refractivity contribution in [2.45, 2.75) is 31.7 Å². The molecule has 0 fully saturated rings. The van der Waals surface area contributed by atoms with Crippen molar-refractivity contribution in [3.05, 3.63) is 56.5 Å². The number of carbonyl (C=O) groups excluding carboxylic acids is 1. The Bertz CT molecular complexity index is 1300. The molecule has 0 spiro atoms. The van der Waals surface area contributed by atoms with Crippen LogP contribution in [0.2, 0.25) is 0 Å². The second-order valence-electron chi connectivity index (χ2n) is 7.26. The summed E-state index contributed by atoms with van der Waals surface area (Å²) in [5.74, 6) is -0.813. The fourth-order valence-corrected chi connectivity index (χ4v) is 3.23. The number of rotatable bonds is 5. The normalized spacial score (nSPS) is 12.4. The summed E-state index contributed by atoms with van der Waals surface area (Å²) in [5.41, 5.74) is -4.64. The minimum absolute atomic E-state index is 0.0341. The van der Waals surface area contributed by atoms with Crippen LogP contribution in [-0.4, -0.2) is 24.6 Å². The molecule has 178 valence electrons. The van der Waals surface area contributed by atoms with Crippen LogP contribution in [0.4, 0.5) is 32.0 Å². The zero-order valence-electron chi connectivity index (χ0n) is 17.2. The number of carbonyl (C=O) groups is 1. The quantitative estimate of drug-likeness (QED) is 0.573. The molecule has 0 saturated carbocycles. The molecule has 0 saturated heterocycles. The molecule has 1 amide bonds. The number of alkyl halides is 6. The lowest BCUT2D eigenvalue weighted by atomic mass is 10.1. The Balaban J connectivity index is 1.74. The number of aromatic nitrogens is 4. The zero-order valence-corrected chi connectivity index (χ0v) is 17.2. The van der Waals surface area contributed by atoms with Gasteiger partial charge in [0.1, 0.15) is 0 Å². The van der Waals surface area contributed by atoms with E-state index in [1.54, 1.807) is 0 Å². The molecule has 33 heavy (non-hydrogen) atoms. The van der Waals surface area contributed by atoms with Gasteiger partial charge in [-0.3, -0.25) is 18.7 Å². The maximum Gasteiger partial charge on any atom is 0.416 e. The maximum atomic E-state index is 12.9. The Labute approximate surface area is 181 Å². The molecule has 0 aliphatic rings. The van der Waals surface area contributed by atoms with E-state index >= 15 is 0 Å². The van der Waals surface area contributed by atoms with Crippen molar-refractivity contribution >= 4 is 22.8 Å². The molecule has 14 heteroatoms. The van der Waals surface area contributed by atoms with Crippen molar-refractivity contribution in [1.29, 1.82) is 0 Å². The predicted octanol–water partition coefficient (Wildman–Crippen LogP) is 2.89. The molecule has 8 nitrogen and oxygen atoms in total. The minimum Gasteiger partial charge on any atom is -0.326 e. The van der Waals surface area contributed by atoms with Gasteiger partial charge >= 0.3 is 18.0 Å². The van der Waals surface area contributed by atoms with Gasteiger partial charge in [-0.05, 0) is 24.6 Å². The van der Waals surface area contributed by atoms with Gasteiger partial charge in [-0.2, -0.15) is 26.3 Å². The smallest absolute Gasteiger partial charge is 0.326 e. The molecular formula is C19H17F6N5O3. The summed E-state index contributed by atoms with van der Waals surface area (Å²) in [4.78, 5) is 40.5. The summed E-state index contributed by atoms with van der Waals surface area (Å²) in [5, 5.41) is 2.05. The first-order chi connectivity index (χ1) is 15.2. The summed E-state index contributed by atoms with van der Waals surface area (Å²) in [6.07, 6.45) is -8.94. The number of fused-ring (bicyclic) bond motifs is 1. The van der Waals surface area contributed by atoms with Crippen LogP contribution < -0.4 is 16.6 Å². The third kappa shape index (κ3) is 4.93. The molecule has 1 N–H and O–H groups in total. The monoisotopic (exact) mass is 477 g/mol. The van der Waals surface area contributed by atoms with Gasteiger partial charge in [0.25, 0.3) is 5.56 Å². The Morgan fingerprint density at radius 2 is 1.55 bits per heavy atom. The van der Waals surface area contributed by atoms with Gasteiger partial charge in [-0.15, -0.1) is 0 Å². The average molecular weight is 477 g/mol. The lowest BCUT2D eigenvalue weighted by Gasteiger charge is -2.15. The number of nitrogens with one attached hydrogen (secondary N) is 1. The molecular weight excluding hydrogens is 460 g/mol. The predicted molar refractivity (Wildman–Crippen MR) is 105 cm³/mol. The largest absolute Gasteiger partial charge is 0.416 e. The second-order valence-corrected chi connectivity index (χ2v) is 7.26. The molecule has 0 unspecified atom stereocenters. The van der Waals surface area contributed by atoms with Crippen molar-refractivity contribution in [3.63, 3.8) is 0 Å². The molecule has 3 rings (SSSR count). The summed E-state index contributed by atoms with van der Waals surface area (Å²) in [6.45, 7) is 0.0910. The van der Waals surface area contributed by atoms with Crippen molar-refractivity contribution in [1.82, 2.24) is 18.7 Å². The summed E-state index contributed by atoms with van der Waals surface area (Å²) < 4.78 is 81.1. The van der Waals surface area contributed by atoms with Crippen molar-refractivity contribution < 1.29 is 31.1 Å². The molecule has 1 aromatic carbocycles. The summed E-state index contributed by atoms with van der Waals surface area (Å²) in [6, 6.07) is 0.801.